The maximum absolute atomic E-state index is 4.79. The first-order chi connectivity index (χ1) is 9.13. The Hall–Kier alpha value is -1.31. The summed E-state index contributed by atoms with van der Waals surface area (Å²) in [5.41, 5.74) is 5.58. The van der Waals surface area contributed by atoms with Crippen LogP contribution in [0.15, 0.2) is 17.2 Å². The minimum atomic E-state index is 0.475. The summed E-state index contributed by atoms with van der Waals surface area (Å²) < 4.78 is 0. The quantitative estimate of drug-likeness (QED) is 0.781. The Morgan fingerprint density at radius 2 is 1.95 bits per heavy atom. The van der Waals surface area contributed by atoms with Crippen LogP contribution in [-0.4, -0.2) is 9.97 Å². The number of imidazole rings is 1. The monoisotopic (exact) mass is 256 g/mol. The molecule has 0 spiro atoms. The normalized spacial score (nSPS) is 23.1. The van der Waals surface area contributed by atoms with Crippen LogP contribution in [0.1, 0.15) is 69.6 Å². The van der Waals surface area contributed by atoms with Crippen LogP contribution in [0, 0.1) is 5.92 Å². The standard InChI is InChI=1S/C17H24N2/c1-11(2)17-18-15-9-8-13-6-4-12(3)5-7-14(13)10-16(15)19-17/h8,10-12H,4-7,9H2,1-3H3,(H,18,19). The van der Waals surface area contributed by atoms with Crippen LogP contribution in [0.4, 0.5) is 0 Å². The van der Waals surface area contributed by atoms with Gasteiger partial charge in [-0.2, -0.15) is 0 Å². The second-order valence-corrected chi connectivity index (χ2v) is 6.43. The average molecular weight is 256 g/mol. The predicted molar refractivity (Wildman–Crippen MR) is 80.1 cm³/mol. The molecule has 19 heavy (non-hydrogen) atoms. The van der Waals surface area contributed by atoms with E-state index in [0.29, 0.717) is 5.92 Å². The summed E-state index contributed by atoms with van der Waals surface area (Å²) in [7, 11) is 0. The summed E-state index contributed by atoms with van der Waals surface area (Å²) in [6, 6.07) is 0. The fourth-order valence-corrected chi connectivity index (χ4v) is 3.05. The number of hydrogen-bond donors (Lipinski definition) is 1. The number of allylic oxidation sites excluding steroid dienone is 3. The molecule has 0 amide bonds. The van der Waals surface area contributed by atoms with Crippen molar-refractivity contribution in [2.45, 2.75) is 58.8 Å². The molecule has 0 radical (unpaired) electrons. The second kappa shape index (κ2) is 4.99. The minimum absolute atomic E-state index is 0.475. The molecule has 1 atom stereocenters. The number of nitrogens with one attached hydrogen (secondary N) is 1. The lowest BCUT2D eigenvalue weighted by atomic mass is 10.0. The van der Waals surface area contributed by atoms with Gasteiger partial charge in [0.25, 0.3) is 0 Å². The van der Waals surface area contributed by atoms with Crippen LogP contribution in [0.25, 0.3) is 6.08 Å². The van der Waals surface area contributed by atoms with Gasteiger partial charge in [-0.25, -0.2) is 4.98 Å². The molecule has 0 aliphatic heterocycles. The van der Waals surface area contributed by atoms with Gasteiger partial charge in [0.1, 0.15) is 5.82 Å². The summed E-state index contributed by atoms with van der Waals surface area (Å²) in [5.74, 6) is 2.46. The van der Waals surface area contributed by atoms with Crippen molar-refractivity contribution >= 4 is 6.08 Å². The Bertz CT molecular complexity index is 531. The third kappa shape index (κ3) is 2.54. The zero-order valence-electron chi connectivity index (χ0n) is 12.3. The lowest BCUT2D eigenvalue weighted by Gasteiger charge is -2.05. The van der Waals surface area contributed by atoms with Crippen molar-refractivity contribution in [2.75, 3.05) is 0 Å². The Morgan fingerprint density at radius 1 is 1.21 bits per heavy atom. The number of nitrogens with zero attached hydrogens (tertiary/aromatic N) is 1. The Kier molecular flexibility index (Phi) is 3.34. The van der Waals surface area contributed by atoms with E-state index in [9.17, 15) is 0 Å². The van der Waals surface area contributed by atoms with Gasteiger partial charge >= 0.3 is 0 Å². The van der Waals surface area contributed by atoms with E-state index < -0.39 is 0 Å². The van der Waals surface area contributed by atoms with Crippen molar-refractivity contribution in [1.82, 2.24) is 9.97 Å². The number of hydrogen-bond acceptors (Lipinski definition) is 1. The SMILES string of the molecule is CC1CCC2=CCc3[nH]c(C(C)C)nc3C=C2CC1. The van der Waals surface area contributed by atoms with Gasteiger partial charge < -0.3 is 4.98 Å². The van der Waals surface area contributed by atoms with E-state index in [-0.39, 0.29) is 0 Å². The van der Waals surface area contributed by atoms with Crippen molar-refractivity contribution in [1.29, 1.82) is 0 Å². The Labute approximate surface area is 116 Å². The molecule has 2 heteroatoms. The number of H-pyrrole nitrogens is 1. The van der Waals surface area contributed by atoms with Crippen molar-refractivity contribution in [3.05, 3.63) is 34.4 Å². The molecule has 1 saturated carbocycles. The molecule has 0 aromatic carbocycles. The largest absolute Gasteiger partial charge is 0.345 e. The van der Waals surface area contributed by atoms with E-state index in [1.807, 2.05) is 0 Å². The molecular weight excluding hydrogens is 232 g/mol. The molecule has 1 N–H and O–H groups in total. The highest BCUT2D eigenvalue weighted by molar-refractivity contribution is 5.60. The fourth-order valence-electron chi connectivity index (χ4n) is 3.05. The van der Waals surface area contributed by atoms with Crippen LogP contribution in [0.5, 0.6) is 0 Å². The molecule has 3 rings (SSSR count). The maximum atomic E-state index is 4.79. The van der Waals surface area contributed by atoms with Crippen LogP contribution >= 0.6 is 0 Å². The zero-order chi connectivity index (χ0) is 13.4. The number of aromatic nitrogens is 2. The highest BCUT2D eigenvalue weighted by Crippen LogP contribution is 2.34. The molecule has 2 aliphatic rings. The van der Waals surface area contributed by atoms with Gasteiger partial charge in [-0.05, 0) is 48.8 Å². The van der Waals surface area contributed by atoms with Gasteiger partial charge in [0.05, 0.1) is 5.69 Å². The number of fused-ring (bicyclic) bond motifs is 2. The molecule has 1 fully saturated rings. The van der Waals surface area contributed by atoms with Crippen LogP contribution in [0.2, 0.25) is 0 Å². The van der Waals surface area contributed by atoms with E-state index in [1.165, 1.54) is 42.6 Å². The first kappa shape index (κ1) is 12.7. The van der Waals surface area contributed by atoms with E-state index in [0.717, 1.165) is 18.2 Å². The molecule has 2 aliphatic carbocycles. The van der Waals surface area contributed by atoms with Gasteiger partial charge in [0.2, 0.25) is 0 Å². The summed E-state index contributed by atoms with van der Waals surface area (Å²) in [6.07, 6.45) is 10.9. The van der Waals surface area contributed by atoms with Crippen LogP contribution in [0.3, 0.4) is 0 Å². The van der Waals surface area contributed by atoms with Gasteiger partial charge in [-0.1, -0.05) is 26.8 Å². The Morgan fingerprint density at radius 3 is 2.68 bits per heavy atom. The topological polar surface area (TPSA) is 28.7 Å². The van der Waals surface area contributed by atoms with Crippen LogP contribution < -0.4 is 0 Å². The van der Waals surface area contributed by atoms with Crippen molar-refractivity contribution < 1.29 is 0 Å². The smallest absolute Gasteiger partial charge is 0.109 e. The van der Waals surface area contributed by atoms with Gasteiger partial charge in [-0.15, -0.1) is 0 Å². The van der Waals surface area contributed by atoms with E-state index in [1.54, 1.807) is 5.57 Å². The highest BCUT2D eigenvalue weighted by Gasteiger charge is 2.19. The first-order valence-electron chi connectivity index (χ1n) is 7.62. The van der Waals surface area contributed by atoms with Crippen molar-refractivity contribution in [3.8, 4) is 0 Å². The maximum Gasteiger partial charge on any atom is 0.109 e. The highest BCUT2D eigenvalue weighted by atomic mass is 14.9. The lowest BCUT2D eigenvalue weighted by Crippen LogP contribution is -1.91. The molecule has 1 aromatic heterocycles. The molecule has 1 unspecified atom stereocenters. The summed E-state index contributed by atoms with van der Waals surface area (Å²) >= 11 is 0. The summed E-state index contributed by atoms with van der Waals surface area (Å²) in [5, 5.41) is 0. The van der Waals surface area contributed by atoms with Crippen LogP contribution in [-0.2, 0) is 6.42 Å². The molecule has 0 saturated heterocycles. The summed E-state index contributed by atoms with van der Waals surface area (Å²) in [6.45, 7) is 6.77. The number of aromatic amines is 1. The summed E-state index contributed by atoms with van der Waals surface area (Å²) in [4.78, 5) is 8.29. The molecule has 1 heterocycles. The third-order valence-corrected chi connectivity index (χ3v) is 4.46. The fraction of sp³-hybridized carbons (Fsp3) is 0.588. The Balaban J connectivity index is 1.96. The molecular formula is C17H24N2. The zero-order valence-corrected chi connectivity index (χ0v) is 12.3. The van der Waals surface area contributed by atoms with E-state index >= 15 is 0 Å². The second-order valence-electron chi connectivity index (χ2n) is 6.43. The molecule has 1 aromatic rings. The van der Waals surface area contributed by atoms with Gasteiger partial charge in [0.15, 0.2) is 0 Å². The third-order valence-electron chi connectivity index (χ3n) is 4.46. The van der Waals surface area contributed by atoms with E-state index in [4.69, 9.17) is 4.98 Å². The number of rotatable bonds is 1. The van der Waals surface area contributed by atoms with Crippen molar-refractivity contribution in [2.24, 2.45) is 5.92 Å². The molecule has 0 bridgehead atoms. The molecule has 102 valence electrons. The predicted octanol–water partition coefficient (Wildman–Crippen LogP) is 4.61. The minimum Gasteiger partial charge on any atom is -0.345 e. The van der Waals surface area contributed by atoms with E-state index in [2.05, 4.69) is 37.9 Å². The molecule has 2 nitrogen and oxygen atoms in total. The van der Waals surface area contributed by atoms with Gasteiger partial charge in [0, 0.05) is 18.0 Å². The lowest BCUT2D eigenvalue weighted by molar-refractivity contribution is 0.514. The van der Waals surface area contributed by atoms with Gasteiger partial charge in [-0.3, -0.25) is 0 Å². The first-order valence-corrected chi connectivity index (χ1v) is 7.62. The average Bonchev–Trinajstić information content (AvgIpc) is 2.60. The van der Waals surface area contributed by atoms with Crippen molar-refractivity contribution in [3.63, 3.8) is 0 Å².